The molecule has 0 atom stereocenters. The summed E-state index contributed by atoms with van der Waals surface area (Å²) in [5.41, 5.74) is 4.12. The van der Waals surface area contributed by atoms with Crippen LogP contribution in [0.1, 0.15) is 27.9 Å². The number of hydrogen-bond donors (Lipinski definition) is 1. The molecule has 0 bridgehead atoms. The van der Waals surface area contributed by atoms with Gasteiger partial charge < -0.3 is 14.8 Å². The zero-order chi connectivity index (χ0) is 25.4. The van der Waals surface area contributed by atoms with Crippen molar-refractivity contribution >= 4 is 29.2 Å². The van der Waals surface area contributed by atoms with Gasteiger partial charge in [-0.25, -0.2) is 4.68 Å². The van der Waals surface area contributed by atoms with Crippen LogP contribution in [0.4, 0.5) is 5.82 Å². The maximum Gasteiger partial charge on any atom is 0.251 e. The standard InChI is InChI=1S/C28H23ClN4O4/c29-22-8-6-20(7-9-22)23-14-26-32(27(34)11-12-33(26)31-23)16-18-1-4-21(5-2-18)28(35)30-15-19-3-10-24-25(13-19)37-17-36-24/h1-10,13-14H,11-12,15-17H2,(H,30,35). The van der Waals surface area contributed by atoms with Gasteiger partial charge in [-0.2, -0.15) is 5.10 Å². The van der Waals surface area contributed by atoms with Gasteiger partial charge in [0, 0.05) is 35.2 Å². The Morgan fingerprint density at radius 1 is 0.946 bits per heavy atom. The van der Waals surface area contributed by atoms with Gasteiger partial charge in [0.15, 0.2) is 11.5 Å². The number of halogens is 1. The topological polar surface area (TPSA) is 85.7 Å². The van der Waals surface area contributed by atoms with Gasteiger partial charge in [-0.1, -0.05) is 41.9 Å². The molecule has 2 aliphatic rings. The summed E-state index contributed by atoms with van der Waals surface area (Å²) in [6, 6.07) is 22.3. The number of amides is 2. The quantitative estimate of drug-likeness (QED) is 0.399. The minimum atomic E-state index is -0.177. The molecule has 2 aliphatic heterocycles. The van der Waals surface area contributed by atoms with Crippen molar-refractivity contribution in [3.8, 4) is 22.8 Å². The lowest BCUT2D eigenvalue weighted by Gasteiger charge is -2.27. The average molecular weight is 515 g/mol. The Morgan fingerprint density at radius 3 is 2.51 bits per heavy atom. The fraction of sp³-hybridized carbons (Fsp3) is 0.179. The summed E-state index contributed by atoms with van der Waals surface area (Å²) in [5.74, 6) is 2.02. The van der Waals surface area contributed by atoms with Crippen molar-refractivity contribution in [2.24, 2.45) is 0 Å². The molecule has 3 aromatic carbocycles. The first-order chi connectivity index (χ1) is 18.0. The highest BCUT2D eigenvalue weighted by Crippen LogP contribution is 2.32. The van der Waals surface area contributed by atoms with Crippen molar-refractivity contribution in [3.63, 3.8) is 0 Å². The molecule has 0 aliphatic carbocycles. The fourth-order valence-corrected chi connectivity index (χ4v) is 4.59. The lowest BCUT2D eigenvalue weighted by Crippen LogP contribution is -2.36. The number of anilines is 1. The molecule has 4 aromatic rings. The first-order valence-corrected chi connectivity index (χ1v) is 12.3. The molecule has 0 spiro atoms. The van der Waals surface area contributed by atoms with Crippen LogP contribution in [0.25, 0.3) is 11.3 Å². The van der Waals surface area contributed by atoms with Gasteiger partial charge in [0.1, 0.15) is 5.82 Å². The first-order valence-electron chi connectivity index (χ1n) is 11.9. The van der Waals surface area contributed by atoms with Crippen molar-refractivity contribution in [1.29, 1.82) is 0 Å². The zero-order valence-electron chi connectivity index (χ0n) is 19.8. The number of rotatable bonds is 6. The molecule has 37 heavy (non-hydrogen) atoms. The van der Waals surface area contributed by atoms with Crippen molar-refractivity contribution < 1.29 is 19.1 Å². The Labute approximate surface area is 218 Å². The molecule has 2 amide bonds. The predicted octanol–water partition coefficient (Wildman–Crippen LogP) is 4.80. The molecule has 0 fully saturated rings. The smallest absolute Gasteiger partial charge is 0.251 e. The van der Waals surface area contributed by atoms with E-state index in [0.717, 1.165) is 28.2 Å². The molecule has 3 heterocycles. The van der Waals surface area contributed by atoms with Crippen molar-refractivity contribution in [3.05, 3.63) is 94.5 Å². The summed E-state index contributed by atoms with van der Waals surface area (Å²) in [4.78, 5) is 27.2. The number of ether oxygens (including phenoxy) is 2. The van der Waals surface area contributed by atoms with Crippen LogP contribution in [0.5, 0.6) is 11.5 Å². The molecule has 1 aromatic heterocycles. The number of aromatic nitrogens is 2. The zero-order valence-corrected chi connectivity index (χ0v) is 20.6. The SMILES string of the molecule is O=C(NCc1ccc2c(c1)OCO2)c1ccc(CN2C(=O)CCn3nc(-c4ccc(Cl)cc4)cc32)cc1. The van der Waals surface area contributed by atoms with Gasteiger partial charge in [-0.3, -0.25) is 14.5 Å². The van der Waals surface area contributed by atoms with Crippen LogP contribution in [-0.4, -0.2) is 28.4 Å². The van der Waals surface area contributed by atoms with E-state index in [1.54, 1.807) is 17.0 Å². The summed E-state index contributed by atoms with van der Waals surface area (Å²) in [5, 5.41) is 8.28. The molecular formula is C28H23ClN4O4. The van der Waals surface area contributed by atoms with E-state index in [4.69, 9.17) is 26.2 Å². The Hall–Kier alpha value is -4.30. The van der Waals surface area contributed by atoms with Crippen LogP contribution in [0.3, 0.4) is 0 Å². The minimum absolute atomic E-state index is 0.0422. The van der Waals surface area contributed by atoms with Crippen LogP contribution in [0.2, 0.25) is 5.02 Å². The molecule has 186 valence electrons. The molecule has 9 heteroatoms. The van der Waals surface area contributed by atoms with Crippen molar-refractivity contribution in [2.75, 3.05) is 11.7 Å². The van der Waals surface area contributed by atoms with Gasteiger partial charge in [-0.15, -0.1) is 0 Å². The number of nitrogens with zero attached hydrogens (tertiary/aromatic N) is 3. The third-order valence-corrected chi connectivity index (χ3v) is 6.71. The predicted molar refractivity (Wildman–Crippen MR) is 139 cm³/mol. The van der Waals surface area contributed by atoms with Crippen LogP contribution in [-0.2, 0) is 24.4 Å². The van der Waals surface area contributed by atoms with Crippen LogP contribution >= 0.6 is 11.6 Å². The highest BCUT2D eigenvalue weighted by atomic mass is 35.5. The molecule has 0 radical (unpaired) electrons. The van der Waals surface area contributed by atoms with E-state index in [0.29, 0.717) is 48.1 Å². The van der Waals surface area contributed by atoms with E-state index < -0.39 is 0 Å². The summed E-state index contributed by atoms with van der Waals surface area (Å²) >= 11 is 6.02. The van der Waals surface area contributed by atoms with Gasteiger partial charge in [0.25, 0.3) is 5.91 Å². The number of nitrogens with one attached hydrogen (secondary N) is 1. The fourth-order valence-electron chi connectivity index (χ4n) is 4.46. The number of hydrogen-bond acceptors (Lipinski definition) is 5. The van der Waals surface area contributed by atoms with Gasteiger partial charge in [0.05, 0.1) is 18.8 Å². The highest BCUT2D eigenvalue weighted by Gasteiger charge is 2.26. The number of fused-ring (bicyclic) bond motifs is 2. The Bertz CT molecular complexity index is 1480. The normalized spacial score (nSPS) is 14.0. The van der Waals surface area contributed by atoms with E-state index in [1.807, 2.05) is 65.3 Å². The largest absolute Gasteiger partial charge is 0.454 e. The van der Waals surface area contributed by atoms with Gasteiger partial charge in [-0.05, 0) is 47.5 Å². The van der Waals surface area contributed by atoms with E-state index in [1.165, 1.54) is 0 Å². The van der Waals surface area contributed by atoms with Gasteiger partial charge in [0.2, 0.25) is 12.7 Å². The molecule has 8 nitrogen and oxygen atoms in total. The molecule has 6 rings (SSSR count). The minimum Gasteiger partial charge on any atom is -0.454 e. The second-order valence-electron chi connectivity index (χ2n) is 8.91. The second kappa shape index (κ2) is 9.63. The van der Waals surface area contributed by atoms with Gasteiger partial charge >= 0.3 is 0 Å². The Morgan fingerprint density at radius 2 is 1.70 bits per heavy atom. The number of carbonyl (C=O) groups is 2. The maximum absolute atomic E-state index is 12.8. The summed E-state index contributed by atoms with van der Waals surface area (Å²) < 4.78 is 12.6. The lowest BCUT2D eigenvalue weighted by atomic mass is 10.1. The molecular weight excluding hydrogens is 492 g/mol. The van der Waals surface area contributed by atoms with E-state index in [2.05, 4.69) is 5.32 Å². The van der Waals surface area contributed by atoms with Crippen LogP contribution in [0, 0.1) is 0 Å². The van der Waals surface area contributed by atoms with Crippen molar-refractivity contribution in [1.82, 2.24) is 15.1 Å². The number of benzene rings is 3. The third-order valence-electron chi connectivity index (χ3n) is 6.46. The van der Waals surface area contributed by atoms with Crippen LogP contribution in [0.15, 0.2) is 72.8 Å². The Balaban J connectivity index is 1.13. The molecule has 0 saturated heterocycles. The van der Waals surface area contributed by atoms with Crippen LogP contribution < -0.4 is 19.7 Å². The highest BCUT2D eigenvalue weighted by molar-refractivity contribution is 6.30. The third kappa shape index (κ3) is 4.75. The lowest BCUT2D eigenvalue weighted by molar-refractivity contribution is -0.119. The number of carbonyl (C=O) groups excluding carboxylic acids is 2. The molecule has 0 saturated carbocycles. The average Bonchev–Trinajstić information content (AvgIpc) is 3.57. The summed E-state index contributed by atoms with van der Waals surface area (Å²) in [7, 11) is 0. The van der Waals surface area contributed by atoms with E-state index in [9.17, 15) is 9.59 Å². The monoisotopic (exact) mass is 514 g/mol. The maximum atomic E-state index is 12.8. The Kier molecular flexibility index (Phi) is 6.02. The summed E-state index contributed by atoms with van der Waals surface area (Å²) in [6.45, 7) is 1.52. The van der Waals surface area contributed by atoms with Crippen molar-refractivity contribution in [2.45, 2.75) is 26.1 Å². The second-order valence-corrected chi connectivity index (χ2v) is 9.35. The number of aryl methyl sites for hydroxylation is 1. The molecule has 1 N–H and O–H groups in total. The van der Waals surface area contributed by atoms with E-state index in [-0.39, 0.29) is 18.6 Å². The summed E-state index contributed by atoms with van der Waals surface area (Å²) in [6.07, 6.45) is 0.384. The van der Waals surface area contributed by atoms with E-state index >= 15 is 0 Å². The first kappa shape index (κ1) is 23.1. The molecule has 0 unspecified atom stereocenters.